The van der Waals surface area contributed by atoms with E-state index >= 15 is 0 Å². The quantitative estimate of drug-likeness (QED) is 0.307. The van der Waals surface area contributed by atoms with Crippen LogP contribution in [-0.4, -0.2) is 30.9 Å². The molecule has 1 N–H and O–H groups in total. The number of aryl methyl sites for hydroxylation is 1. The molecular weight excluding hydrogens is 481 g/mol. The number of aromatic nitrogens is 1. The van der Waals surface area contributed by atoms with E-state index in [9.17, 15) is 4.79 Å². The van der Waals surface area contributed by atoms with Crippen LogP contribution in [0.15, 0.2) is 53.6 Å². The van der Waals surface area contributed by atoms with Gasteiger partial charge in [0.1, 0.15) is 11.5 Å². The number of para-hydroxylation sites is 1. The third-order valence-corrected chi connectivity index (χ3v) is 5.46. The number of nitrogens with zero attached hydrogens (tertiary/aromatic N) is 2. The Kier molecular flexibility index (Phi) is 6.58. The molecule has 3 rings (SSSR count). The summed E-state index contributed by atoms with van der Waals surface area (Å²) in [7, 11) is 3.08. The van der Waals surface area contributed by atoms with E-state index in [-0.39, 0.29) is 5.91 Å². The minimum Gasteiger partial charge on any atom is -0.497 e. The number of halogens is 1. The van der Waals surface area contributed by atoms with Gasteiger partial charge in [0, 0.05) is 32.2 Å². The van der Waals surface area contributed by atoms with E-state index in [0.717, 1.165) is 26.2 Å². The smallest absolute Gasteiger partial charge is 0.271 e. The molecule has 150 valence electrons. The number of carbonyl (C=O) groups is 1. The highest BCUT2D eigenvalue weighted by atomic mass is 127. The minimum atomic E-state index is -0.343. The molecule has 0 spiro atoms. The van der Waals surface area contributed by atoms with Gasteiger partial charge in [0.25, 0.3) is 5.91 Å². The van der Waals surface area contributed by atoms with Gasteiger partial charge in [-0.05, 0) is 66.8 Å². The van der Waals surface area contributed by atoms with Crippen molar-refractivity contribution in [3.63, 3.8) is 0 Å². The molecule has 0 radical (unpaired) electrons. The Morgan fingerprint density at radius 3 is 2.34 bits per heavy atom. The average molecular weight is 503 g/mol. The Labute approximate surface area is 183 Å². The first-order valence-corrected chi connectivity index (χ1v) is 10.0. The van der Waals surface area contributed by atoms with Crippen molar-refractivity contribution in [2.24, 2.45) is 5.10 Å². The van der Waals surface area contributed by atoms with Gasteiger partial charge in [-0.2, -0.15) is 5.10 Å². The van der Waals surface area contributed by atoms with Crippen LogP contribution in [0.4, 0.5) is 0 Å². The number of carbonyl (C=O) groups excluding carboxylic acids is 1. The van der Waals surface area contributed by atoms with Crippen LogP contribution in [0.3, 0.4) is 0 Å². The van der Waals surface area contributed by atoms with Crippen molar-refractivity contribution in [1.82, 2.24) is 9.99 Å². The summed E-state index contributed by atoms with van der Waals surface area (Å²) in [6.45, 7) is 4.08. The zero-order chi connectivity index (χ0) is 21.0. The average Bonchev–Trinajstić information content (AvgIpc) is 3.01. The van der Waals surface area contributed by atoms with Gasteiger partial charge >= 0.3 is 0 Å². The number of rotatable bonds is 6. The molecule has 0 aliphatic rings. The number of amides is 1. The van der Waals surface area contributed by atoms with E-state index in [4.69, 9.17) is 9.47 Å². The van der Waals surface area contributed by atoms with Gasteiger partial charge in [0.05, 0.1) is 26.1 Å². The molecule has 1 heterocycles. The second kappa shape index (κ2) is 9.13. The Bertz CT molecular complexity index is 1050. The molecule has 0 atom stereocenters. The molecule has 3 aromatic rings. The molecule has 0 bridgehead atoms. The molecule has 1 amide bonds. The lowest BCUT2D eigenvalue weighted by Gasteiger charge is -2.11. The van der Waals surface area contributed by atoms with Gasteiger partial charge < -0.3 is 14.0 Å². The van der Waals surface area contributed by atoms with Crippen molar-refractivity contribution in [3.05, 3.63) is 74.6 Å². The van der Waals surface area contributed by atoms with Gasteiger partial charge in [-0.15, -0.1) is 0 Å². The summed E-state index contributed by atoms with van der Waals surface area (Å²) >= 11 is 2.33. The molecule has 6 nitrogen and oxygen atoms in total. The summed E-state index contributed by atoms with van der Waals surface area (Å²) in [4.78, 5) is 12.5. The molecule has 0 aliphatic heterocycles. The monoisotopic (exact) mass is 503 g/mol. The Morgan fingerprint density at radius 1 is 1.07 bits per heavy atom. The summed E-state index contributed by atoms with van der Waals surface area (Å²) in [6, 6.07) is 15.2. The van der Waals surface area contributed by atoms with Gasteiger partial charge in [0.15, 0.2) is 0 Å². The second-order valence-electron chi connectivity index (χ2n) is 6.41. The highest BCUT2D eigenvalue weighted by molar-refractivity contribution is 14.1. The second-order valence-corrected chi connectivity index (χ2v) is 7.58. The van der Waals surface area contributed by atoms with Gasteiger partial charge in [-0.3, -0.25) is 4.79 Å². The summed E-state index contributed by atoms with van der Waals surface area (Å²) in [5.41, 5.74) is 7.17. The lowest BCUT2D eigenvalue weighted by atomic mass is 10.2. The highest BCUT2D eigenvalue weighted by Gasteiger charge is 2.12. The van der Waals surface area contributed by atoms with E-state index in [0.29, 0.717) is 17.1 Å². The molecule has 0 unspecified atom stereocenters. The maximum Gasteiger partial charge on any atom is 0.271 e. The minimum absolute atomic E-state index is 0.343. The van der Waals surface area contributed by atoms with Crippen molar-refractivity contribution < 1.29 is 14.3 Å². The predicted octanol–water partition coefficient (Wildman–Crippen LogP) is 4.48. The number of benzene rings is 2. The zero-order valence-corrected chi connectivity index (χ0v) is 18.9. The first-order valence-electron chi connectivity index (χ1n) is 8.95. The number of hydrogen-bond donors (Lipinski definition) is 1. The zero-order valence-electron chi connectivity index (χ0n) is 16.7. The number of methoxy groups -OCH3 is 2. The van der Waals surface area contributed by atoms with Crippen LogP contribution in [0, 0.1) is 17.4 Å². The molecule has 1 aromatic heterocycles. The molecule has 0 saturated carbocycles. The van der Waals surface area contributed by atoms with Gasteiger partial charge in [0.2, 0.25) is 0 Å². The summed E-state index contributed by atoms with van der Waals surface area (Å²) in [6.07, 6.45) is 1.66. The molecule has 2 aromatic carbocycles. The van der Waals surface area contributed by atoms with Crippen molar-refractivity contribution in [2.45, 2.75) is 13.8 Å². The van der Waals surface area contributed by atoms with Crippen LogP contribution in [0.1, 0.15) is 27.3 Å². The van der Waals surface area contributed by atoms with E-state index in [1.54, 1.807) is 24.4 Å². The summed E-state index contributed by atoms with van der Waals surface area (Å²) < 4.78 is 13.7. The van der Waals surface area contributed by atoms with E-state index in [2.05, 4.69) is 56.7 Å². The summed E-state index contributed by atoms with van der Waals surface area (Å²) in [5.74, 6) is 0.740. The van der Waals surface area contributed by atoms with Crippen LogP contribution in [-0.2, 0) is 0 Å². The predicted molar refractivity (Wildman–Crippen MR) is 123 cm³/mol. The fraction of sp³-hybridized carbons (Fsp3) is 0.182. The Balaban J connectivity index is 1.80. The molecule has 0 aliphatic carbocycles. The summed E-state index contributed by atoms with van der Waals surface area (Å²) in [5, 5.41) is 4.14. The molecular formula is C22H22IN3O3. The fourth-order valence-electron chi connectivity index (χ4n) is 3.09. The normalized spacial score (nSPS) is 10.9. The van der Waals surface area contributed by atoms with Crippen LogP contribution < -0.4 is 14.9 Å². The Hall–Kier alpha value is -2.81. The van der Waals surface area contributed by atoms with E-state index in [1.165, 1.54) is 14.2 Å². The number of nitrogens with one attached hydrogen (secondary N) is 1. The number of hydrazone groups is 1. The highest BCUT2D eigenvalue weighted by Crippen LogP contribution is 2.24. The van der Waals surface area contributed by atoms with E-state index in [1.807, 2.05) is 25.1 Å². The van der Waals surface area contributed by atoms with E-state index < -0.39 is 0 Å². The first kappa shape index (κ1) is 20.9. The lowest BCUT2D eigenvalue weighted by Crippen LogP contribution is -2.17. The third-order valence-electron chi connectivity index (χ3n) is 4.55. The van der Waals surface area contributed by atoms with Crippen LogP contribution in [0.25, 0.3) is 5.69 Å². The molecule has 0 saturated heterocycles. The first-order chi connectivity index (χ1) is 13.9. The Morgan fingerprint density at radius 2 is 1.72 bits per heavy atom. The van der Waals surface area contributed by atoms with Crippen molar-refractivity contribution >= 4 is 34.7 Å². The largest absolute Gasteiger partial charge is 0.497 e. The standard InChI is InChI=1S/C22H22IN3O3/c1-14-9-17(15(2)26(14)21-8-6-5-7-20(21)23)13-24-25-22(27)16-10-18(28-3)12-19(11-16)29-4/h5-13H,1-4H3,(H,25,27)/b24-13-. The van der Waals surface area contributed by atoms with Gasteiger partial charge in [-0.25, -0.2) is 5.43 Å². The maximum absolute atomic E-state index is 12.5. The van der Waals surface area contributed by atoms with Crippen LogP contribution in [0.2, 0.25) is 0 Å². The van der Waals surface area contributed by atoms with Crippen molar-refractivity contribution in [1.29, 1.82) is 0 Å². The van der Waals surface area contributed by atoms with Crippen LogP contribution >= 0.6 is 22.6 Å². The number of ether oxygens (including phenoxy) is 2. The number of hydrogen-bond acceptors (Lipinski definition) is 4. The molecule has 29 heavy (non-hydrogen) atoms. The third kappa shape index (κ3) is 4.61. The lowest BCUT2D eigenvalue weighted by molar-refractivity contribution is 0.0954. The van der Waals surface area contributed by atoms with Gasteiger partial charge in [-0.1, -0.05) is 12.1 Å². The topological polar surface area (TPSA) is 64.8 Å². The van der Waals surface area contributed by atoms with Crippen LogP contribution in [0.5, 0.6) is 11.5 Å². The van der Waals surface area contributed by atoms with Crippen molar-refractivity contribution in [2.75, 3.05) is 14.2 Å². The molecule has 0 fully saturated rings. The fourth-order valence-corrected chi connectivity index (χ4v) is 3.71. The van der Waals surface area contributed by atoms with Crippen molar-refractivity contribution in [3.8, 4) is 17.2 Å². The molecule has 7 heteroatoms. The SMILES string of the molecule is COc1cc(OC)cc(C(=O)N/N=C\c2cc(C)n(-c3ccccc3I)c2C)c1. The maximum atomic E-state index is 12.5.